The Morgan fingerprint density at radius 1 is 1.58 bits per heavy atom. The van der Waals surface area contributed by atoms with Crippen molar-refractivity contribution < 1.29 is 4.74 Å². The number of halogens is 1. The number of nitrogens with two attached hydrogens (primary N) is 1. The Kier molecular flexibility index (Phi) is 5.85. The summed E-state index contributed by atoms with van der Waals surface area (Å²) in [7, 11) is 0. The molecule has 0 spiro atoms. The lowest BCUT2D eigenvalue weighted by Gasteiger charge is -2.24. The number of hydrogen-bond donors (Lipinski definition) is 1. The van der Waals surface area contributed by atoms with Crippen LogP contribution in [0.3, 0.4) is 0 Å². The molecule has 5 heteroatoms. The maximum atomic E-state index is 6.34. The van der Waals surface area contributed by atoms with E-state index >= 15 is 0 Å². The molecule has 108 valence electrons. The number of hydrogen-bond acceptors (Lipinski definition) is 3. The predicted molar refractivity (Wildman–Crippen MR) is 80.0 cm³/mol. The van der Waals surface area contributed by atoms with Crippen LogP contribution in [0.15, 0.2) is 10.7 Å². The molecule has 1 aromatic heterocycles. The molecule has 2 unspecified atom stereocenters. The summed E-state index contributed by atoms with van der Waals surface area (Å²) in [6.45, 7) is 3.99. The lowest BCUT2D eigenvalue weighted by atomic mass is 10.0. The van der Waals surface area contributed by atoms with E-state index in [1.165, 1.54) is 19.3 Å². The van der Waals surface area contributed by atoms with Gasteiger partial charge < -0.3 is 10.5 Å². The molecule has 19 heavy (non-hydrogen) atoms. The summed E-state index contributed by atoms with van der Waals surface area (Å²) in [6, 6.07) is 0.0361. The molecular weight excluding hydrogens is 306 g/mol. The fourth-order valence-electron chi connectivity index (χ4n) is 2.67. The maximum Gasteiger partial charge on any atom is 0.0693 e. The standard InChI is InChI=1S/C14H24BrN3O/c1-2-8-18-14(12(15)10-17-18)13(16)7-6-11-5-3-4-9-19-11/h10-11,13H,2-9,16H2,1H3. The van der Waals surface area contributed by atoms with E-state index in [0.717, 1.165) is 42.6 Å². The van der Waals surface area contributed by atoms with Crippen LogP contribution in [0.25, 0.3) is 0 Å². The number of ether oxygens (including phenoxy) is 1. The molecule has 0 aromatic carbocycles. The molecule has 2 atom stereocenters. The Morgan fingerprint density at radius 3 is 3.11 bits per heavy atom. The molecule has 1 aromatic rings. The first-order chi connectivity index (χ1) is 9.22. The summed E-state index contributed by atoms with van der Waals surface area (Å²) in [5.41, 5.74) is 7.46. The van der Waals surface area contributed by atoms with Crippen molar-refractivity contribution in [2.75, 3.05) is 6.61 Å². The molecule has 0 aliphatic carbocycles. The smallest absolute Gasteiger partial charge is 0.0693 e. The van der Waals surface area contributed by atoms with E-state index in [2.05, 4.69) is 28.0 Å². The van der Waals surface area contributed by atoms with Gasteiger partial charge in [0.1, 0.15) is 0 Å². The normalized spacial score (nSPS) is 21.5. The van der Waals surface area contributed by atoms with Crippen LogP contribution in [0.4, 0.5) is 0 Å². The van der Waals surface area contributed by atoms with Crippen LogP contribution in [0.1, 0.15) is 57.2 Å². The van der Waals surface area contributed by atoms with E-state index in [1.807, 2.05) is 10.9 Å². The van der Waals surface area contributed by atoms with Crippen molar-refractivity contribution in [1.82, 2.24) is 9.78 Å². The van der Waals surface area contributed by atoms with Gasteiger partial charge in [0.2, 0.25) is 0 Å². The first kappa shape index (κ1) is 15.0. The Bertz CT molecular complexity index is 388. The minimum absolute atomic E-state index is 0.0361. The number of aromatic nitrogens is 2. The molecule has 0 saturated carbocycles. The molecule has 2 rings (SSSR count). The van der Waals surface area contributed by atoms with Crippen molar-refractivity contribution in [2.24, 2.45) is 5.73 Å². The van der Waals surface area contributed by atoms with E-state index in [9.17, 15) is 0 Å². The van der Waals surface area contributed by atoms with Gasteiger partial charge in [0.25, 0.3) is 0 Å². The molecule has 4 nitrogen and oxygen atoms in total. The molecule has 1 aliphatic heterocycles. The molecule has 1 fully saturated rings. The first-order valence-corrected chi connectivity index (χ1v) is 8.10. The van der Waals surface area contributed by atoms with Crippen LogP contribution in [-0.4, -0.2) is 22.5 Å². The average molecular weight is 330 g/mol. The SMILES string of the molecule is CCCn1ncc(Br)c1C(N)CCC1CCCCO1. The second kappa shape index (κ2) is 7.41. The summed E-state index contributed by atoms with van der Waals surface area (Å²) in [5, 5.41) is 4.38. The van der Waals surface area contributed by atoms with Crippen molar-refractivity contribution in [1.29, 1.82) is 0 Å². The molecule has 1 aliphatic rings. The highest BCUT2D eigenvalue weighted by Gasteiger charge is 2.19. The van der Waals surface area contributed by atoms with E-state index in [4.69, 9.17) is 10.5 Å². The molecule has 0 bridgehead atoms. The molecule has 1 saturated heterocycles. The van der Waals surface area contributed by atoms with Gasteiger partial charge >= 0.3 is 0 Å². The summed E-state index contributed by atoms with van der Waals surface area (Å²) in [4.78, 5) is 0. The van der Waals surface area contributed by atoms with Crippen LogP contribution in [0, 0.1) is 0 Å². The third kappa shape index (κ3) is 4.04. The van der Waals surface area contributed by atoms with E-state index in [1.54, 1.807) is 0 Å². The van der Waals surface area contributed by atoms with Crippen molar-refractivity contribution in [3.8, 4) is 0 Å². The van der Waals surface area contributed by atoms with E-state index in [-0.39, 0.29) is 6.04 Å². The van der Waals surface area contributed by atoms with Crippen LogP contribution < -0.4 is 5.73 Å². The zero-order chi connectivity index (χ0) is 13.7. The quantitative estimate of drug-likeness (QED) is 0.870. The monoisotopic (exact) mass is 329 g/mol. The van der Waals surface area contributed by atoms with Gasteiger partial charge in [-0.25, -0.2) is 0 Å². The lowest BCUT2D eigenvalue weighted by Crippen LogP contribution is -2.23. The summed E-state index contributed by atoms with van der Waals surface area (Å²) in [6.07, 6.45) is 9.00. The highest BCUT2D eigenvalue weighted by Crippen LogP contribution is 2.27. The van der Waals surface area contributed by atoms with Gasteiger partial charge in [-0.3, -0.25) is 4.68 Å². The summed E-state index contributed by atoms with van der Waals surface area (Å²) >= 11 is 3.56. The van der Waals surface area contributed by atoms with Crippen molar-refractivity contribution in [3.63, 3.8) is 0 Å². The topological polar surface area (TPSA) is 53.1 Å². The lowest BCUT2D eigenvalue weighted by molar-refractivity contribution is 0.00900. The van der Waals surface area contributed by atoms with Crippen LogP contribution in [0.2, 0.25) is 0 Å². The van der Waals surface area contributed by atoms with E-state index in [0.29, 0.717) is 6.10 Å². The van der Waals surface area contributed by atoms with Gasteiger partial charge in [-0.05, 0) is 54.5 Å². The fourth-order valence-corrected chi connectivity index (χ4v) is 3.26. The Morgan fingerprint density at radius 2 is 2.42 bits per heavy atom. The largest absolute Gasteiger partial charge is 0.378 e. The second-order valence-electron chi connectivity index (χ2n) is 5.27. The number of nitrogens with zero attached hydrogens (tertiary/aromatic N) is 2. The third-order valence-corrected chi connectivity index (χ3v) is 4.30. The number of rotatable bonds is 6. The van der Waals surface area contributed by atoms with Crippen LogP contribution >= 0.6 is 15.9 Å². The maximum absolute atomic E-state index is 6.34. The van der Waals surface area contributed by atoms with Crippen molar-refractivity contribution in [2.45, 2.75) is 64.1 Å². The van der Waals surface area contributed by atoms with Gasteiger partial charge in [-0.2, -0.15) is 5.10 Å². The Hall–Kier alpha value is -0.390. The van der Waals surface area contributed by atoms with Gasteiger partial charge in [-0.15, -0.1) is 0 Å². The van der Waals surface area contributed by atoms with Crippen LogP contribution in [-0.2, 0) is 11.3 Å². The third-order valence-electron chi connectivity index (χ3n) is 3.69. The predicted octanol–water partition coefficient (Wildman–Crippen LogP) is 3.40. The van der Waals surface area contributed by atoms with Gasteiger partial charge in [0, 0.05) is 19.2 Å². The van der Waals surface area contributed by atoms with Crippen molar-refractivity contribution >= 4 is 15.9 Å². The zero-order valence-electron chi connectivity index (χ0n) is 11.6. The average Bonchev–Trinajstić information content (AvgIpc) is 2.79. The molecule has 2 heterocycles. The molecule has 2 N–H and O–H groups in total. The van der Waals surface area contributed by atoms with E-state index < -0.39 is 0 Å². The van der Waals surface area contributed by atoms with Gasteiger partial charge in [0.05, 0.1) is 22.5 Å². The zero-order valence-corrected chi connectivity index (χ0v) is 13.2. The second-order valence-corrected chi connectivity index (χ2v) is 6.13. The minimum atomic E-state index is 0.0361. The van der Waals surface area contributed by atoms with Gasteiger partial charge in [-0.1, -0.05) is 6.92 Å². The Labute approximate surface area is 123 Å². The van der Waals surface area contributed by atoms with Crippen molar-refractivity contribution in [3.05, 3.63) is 16.4 Å². The van der Waals surface area contributed by atoms with Crippen LogP contribution in [0.5, 0.6) is 0 Å². The molecular formula is C14H24BrN3O. The summed E-state index contributed by atoms with van der Waals surface area (Å²) < 4.78 is 8.81. The summed E-state index contributed by atoms with van der Waals surface area (Å²) in [5.74, 6) is 0. The molecule has 0 amide bonds. The van der Waals surface area contributed by atoms with Gasteiger partial charge in [0.15, 0.2) is 0 Å². The highest BCUT2D eigenvalue weighted by molar-refractivity contribution is 9.10. The Balaban J connectivity index is 1.91. The highest BCUT2D eigenvalue weighted by atomic mass is 79.9. The molecule has 0 radical (unpaired) electrons. The minimum Gasteiger partial charge on any atom is -0.378 e. The fraction of sp³-hybridized carbons (Fsp3) is 0.786. The number of aryl methyl sites for hydroxylation is 1. The first-order valence-electron chi connectivity index (χ1n) is 7.30.